The van der Waals surface area contributed by atoms with Crippen LogP contribution in [-0.4, -0.2) is 19.2 Å². The molecule has 0 aromatic heterocycles. The van der Waals surface area contributed by atoms with Gasteiger partial charge in [-0.05, 0) is 76.3 Å². The Morgan fingerprint density at radius 1 is 1.21 bits per heavy atom. The highest BCUT2D eigenvalue weighted by Gasteiger charge is 2.16. The molecule has 1 aromatic carbocycles. The molecule has 1 N–H and O–H groups in total. The summed E-state index contributed by atoms with van der Waals surface area (Å²) in [5, 5.41) is 3.55. The van der Waals surface area contributed by atoms with Crippen LogP contribution in [0.5, 0.6) is 5.75 Å². The van der Waals surface area contributed by atoms with E-state index in [4.69, 9.17) is 4.74 Å². The first-order valence-electron chi connectivity index (χ1n) is 7.14. The number of rotatable bonds is 5. The molecule has 1 unspecified atom stereocenters. The van der Waals surface area contributed by atoms with Gasteiger partial charge < -0.3 is 10.1 Å². The van der Waals surface area contributed by atoms with Crippen molar-refractivity contribution in [3.8, 4) is 5.75 Å². The van der Waals surface area contributed by atoms with Gasteiger partial charge in [-0.15, -0.1) is 0 Å². The fourth-order valence-corrected chi connectivity index (χ4v) is 2.55. The van der Waals surface area contributed by atoms with E-state index in [9.17, 15) is 0 Å². The van der Waals surface area contributed by atoms with Crippen molar-refractivity contribution in [1.82, 2.24) is 5.32 Å². The molecule has 0 aliphatic heterocycles. The van der Waals surface area contributed by atoms with Gasteiger partial charge in [-0.3, -0.25) is 0 Å². The zero-order valence-corrected chi connectivity index (χ0v) is 13.6. The molecule has 2 heteroatoms. The van der Waals surface area contributed by atoms with Gasteiger partial charge in [-0.1, -0.05) is 13.0 Å². The molecule has 0 amide bonds. The SMILES string of the molecule is COc1cc(C)cc(C)c1C(C)CCNC(C)(C)C. The van der Waals surface area contributed by atoms with Crippen LogP contribution < -0.4 is 10.1 Å². The minimum absolute atomic E-state index is 0.187. The monoisotopic (exact) mass is 263 g/mol. The Hall–Kier alpha value is -1.02. The average Bonchev–Trinajstić information content (AvgIpc) is 2.25. The minimum atomic E-state index is 0.187. The smallest absolute Gasteiger partial charge is 0.122 e. The van der Waals surface area contributed by atoms with Crippen molar-refractivity contribution in [2.45, 2.75) is 59.4 Å². The molecule has 1 atom stereocenters. The fourth-order valence-electron chi connectivity index (χ4n) is 2.55. The van der Waals surface area contributed by atoms with E-state index in [1.807, 2.05) is 0 Å². The standard InChI is InChI=1S/C17H29NO/c1-12-10-14(3)16(15(11-12)19-7)13(2)8-9-18-17(4,5)6/h10-11,13,18H,8-9H2,1-7H3. The third-order valence-corrected chi connectivity index (χ3v) is 3.44. The second kappa shape index (κ2) is 6.42. The Bertz CT molecular complexity index is 418. The quantitative estimate of drug-likeness (QED) is 0.860. The highest BCUT2D eigenvalue weighted by molar-refractivity contribution is 5.45. The summed E-state index contributed by atoms with van der Waals surface area (Å²) in [6.45, 7) is 14.2. The fraction of sp³-hybridized carbons (Fsp3) is 0.647. The Labute approximate surface area is 118 Å². The van der Waals surface area contributed by atoms with Gasteiger partial charge >= 0.3 is 0 Å². The molecule has 0 fully saturated rings. The number of hydrogen-bond acceptors (Lipinski definition) is 2. The van der Waals surface area contributed by atoms with Gasteiger partial charge in [0.1, 0.15) is 5.75 Å². The molecular weight excluding hydrogens is 234 g/mol. The summed E-state index contributed by atoms with van der Waals surface area (Å²) >= 11 is 0. The van der Waals surface area contributed by atoms with Gasteiger partial charge in [0, 0.05) is 5.54 Å². The lowest BCUT2D eigenvalue weighted by molar-refractivity contribution is 0.394. The van der Waals surface area contributed by atoms with Crippen LogP contribution in [0.25, 0.3) is 0 Å². The van der Waals surface area contributed by atoms with Crippen molar-refractivity contribution in [3.63, 3.8) is 0 Å². The van der Waals surface area contributed by atoms with Crippen LogP contribution in [-0.2, 0) is 0 Å². The normalized spacial score (nSPS) is 13.4. The van der Waals surface area contributed by atoms with Gasteiger partial charge in [0.05, 0.1) is 7.11 Å². The molecule has 1 aromatic rings. The Morgan fingerprint density at radius 3 is 2.37 bits per heavy atom. The van der Waals surface area contributed by atoms with E-state index in [0.29, 0.717) is 5.92 Å². The maximum atomic E-state index is 5.55. The second-order valence-electron chi connectivity index (χ2n) is 6.56. The van der Waals surface area contributed by atoms with E-state index < -0.39 is 0 Å². The first-order chi connectivity index (χ1) is 8.74. The lowest BCUT2D eigenvalue weighted by Crippen LogP contribution is -2.36. The molecule has 19 heavy (non-hydrogen) atoms. The highest BCUT2D eigenvalue weighted by Crippen LogP contribution is 2.32. The van der Waals surface area contributed by atoms with Crippen molar-refractivity contribution < 1.29 is 4.74 Å². The van der Waals surface area contributed by atoms with Crippen molar-refractivity contribution in [2.75, 3.05) is 13.7 Å². The van der Waals surface area contributed by atoms with Gasteiger partial charge in [0.2, 0.25) is 0 Å². The number of aryl methyl sites for hydroxylation is 2. The molecule has 0 bridgehead atoms. The summed E-state index contributed by atoms with van der Waals surface area (Å²) in [6.07, 6.45) is 1.12. The van der Waals surface area contributed by atoms with Gasteiger partial charge in [-0.25, -0.2) is 0 Å². The van der Waals surface area contributed by atoms with Crippen LogP contribution in [0.1, 0.15) is 56.7 Å². The van der Waals surface area contributed by atoms with Crippen LogP contribution in [0.2, 0.25) is 0 Å². The van der Waals surface area contributed by atoms with Crippen molar-refractivity contribution in [2.24, 2.45) is 0 Å². The number of ether oxygens (including phenoxy) is 1. The summed E-state index contributed by atoms with van der Waals surface area (Å²) < 4.78 is 5.55. The van der Waals surface area contributed by atoms with E-state index in [-0.39, 0.29) is 5.54 Å². The molecule has 0 saturated heterocycles. The third-order valence-electron chi connectivity index (χ3n) is 3.44. The maximum Gasteiger partial charge on any atom is 0.122 e. The lowest BCUT2D eigenvalue weighted by atomic mass is 9.91. The molecule has 0 aliphatic carbocycles. The summed E-state index contributed by atoms with van der Waals surface area (Å²) in [7, 11) is 1.76. The van der Waals surface area contributed by atoms with Crippen LogP contribution in [0.15, 0.2) is 12.1 Å². The summed E-state index contributed by atoms with van der Waals surface area (Å²) in [5.74, 6) is 1.53. The third kappa shape index (κ3) is 4.87. The minimum Gasteiger partial charge on any atom is -0.496 e. The van der Waals surface area contributed by atoms with Crippen molar-refractivity contribution in [3.05, 3.63) is 28.8 Å². The second-order valence-corrected chi connectivity index (χ2v) is 6.56. The van der Waals surface area contributed by atoms with Crippen LogP contribution in [0, 0.1) is 13.8 Å². The molecule has 0 saturated carbocycles. The Morgan fingerprint density at radius 2 is 1.84 bits per heavy atom. The number of hydrogen-bond donors (Lipinski definition) is 1. The molecule has 0 heterocycles. The first-order valence-corrected chi connectivity index (χ1v) is 7.14. The summed E-state index contributed by atoms with van der Waals surface area (Å²) in [5.41, 5.74) is 4.13. The molecule has 1 rings (SSSR count). The van der Waals surface area contributed by atoms with Crippen molar-refractivity contribution >= 4 is 0 Å². The van der Waals surface area contributed by atoms with Crippen molar-refractivity contribution in [1.29, 1.82) is 0 Å². The van der Waals surface area contributed by atoms with Gasteiger partial charge in [-0.2, -0.15) is 0 Å². The molecule has 108 valence electrons. The zero-order chi connectivity index (χ0) is 14.6. The molecule has 0 radical (unpaired) electrons. The largest absolute Gasteiger partial charge is 0.496 e. The Kier molecular flexibility index (Phi) is 5.42. The predicted octanol–water partition coefficient (Wildman–Crippen LogP) is 4.19. The van der Waals surface area contributed by atoms with Crippen LogP contribution in [0.4, 0.5) is 0 Å². The summed E-state index contributed by atoms with van der Waals surface area (Å²) in [4.78, 5) is 0. The van der Waals surface area contributed by atoms with E-state index >= 15 is 0 Å². The van der Waals surface area contributed by atoms with Gasteiger partial charge in [0.15, 0.2) is 0 Å². The average molecular weight is 263 g/mol. The highest BCUT2D eigenvalue weighted by atomic mass is 16.5. The maximum absolute atomic E-state index is 5.55. The first kappa shape index (κ1) is 16.0. The summed E-state index contributed by atoms with van der Waals surface area (Å²) in [6, 6.07) is 4.38. The predicted molar refractivity (Wildman–Crippen MR) is 83.3 cm³/mol. The zero-order valence-electron chi connectivity index (χ0n) is 13.6. The Balaban J connectivity index is 2.79. The molecule has 0 spiro atoms. The molecular formula is C17H29NO. The molecule has 2 nitrogen and oxygen atoms in total. The van der Waals surface area contributed by atoms with E-state index in [1.54, 1.807) is 7.11 Å². The van der Waals surface area contributed by atoms with Crippen LogP contribution >= 0.6 is 0 Å². The van der Waals surface area contributed by atoms with Crippen LogP contribution in [0.3, 0.4) is 0 Å². The molecule has 0 aliphatic rings. The van der Waals surface area contributed by atoms with E-state index in [0.717, 1.165) is 18.7 Å². The van der Waals surface area contributed by atoms with E-state index in [1.165, 1.54) is 16.7 Å². The lowest BCUT2D eigenvalue weighted by Gasteiger charge is -2.23. The number of methoxy groups -OCH3 is 1. The number of nitrogens with one attached hydrogen (secondary N) is 1. The van der Waals surface area contributed by atoms with Gasteiger partial charge in [0.25, 0.3) is 0 Å². The van der Waals surface area contributed by atoms with E-state index in [2.05, 4.69) is 59.0 Å². The topological polar surface area (TPSA) is 21.3 Å². The number of benzene rings is 1.